The van der Waals surface area contributed by atoms with E-state index in [-0.39, 0.29) is 47.5 Å². The second kappa shape index (κ2) is 10.4. The smallest absolute Gasteiger partial charge is 0.265 e. The van der Waals surface area contributed by atoms with Crippen LogP contribution in [0.2, 0.25) is 0 Å². The Morgan fingerprint density at radius 1 is 1.16 bits per heavy atom. The molecule has 10 nitrogen and oxygen atoms in total. The molecule has 0 saturated carbocycles. The number of methoxy groups -OCH3 is 1. The van der Waals surface area contributed by atoms with E-state index in [1.807, 2.05) is 13.8 Å². The molecule has 1 aliphatic heterocycles. The highest BCUT2D eigenvalue weighted by molar-refractivity contribution is 7.90. The second-order valence-corrected chi connectivity index (χ2v) is 11.6. The van der Waals surface area contributed by atoms with Crippen molar-refractivity contribution in [1.29, 1.82) is 0 Å². The molecule has 1 atom stereocenters. The van der Waals surface area contributed by atoms with E-state index in [0.29, 0.717) is 4.90 Å². The number of hydrogen-bond acceptors (Lipinski definition) is 8. The molecule has 0 radical (unpaired) electrons. The highest BCUT2D eigenvalue weighted by Crippen LogP contribution is 2.41. The topological polar surface area (TPSA) is 132 Å². The average Bonchev–Trinajstić information content (AvgIpc) is 3.05. The van der Waals surface area contributed by atoms with Gasteiger partial charge in [0.1, 0.15) is 21.2 Å². The summed E-state index contributed by atoms with van der Waals surface area (Å²) < 4.78 is 50.7. The van der Waals surface area contributed by atoms with Crippen molar-refractivity contribution in [2.24, 2.45) is 5.92 Å². The Morgan fingerprint density at radius 3 is 2.38 bits per heavy atom. The molecule has 1 N–H and O–H groups in total. The Hall–Kier alpha value is -3.54. The van der Waals surface area contributed by atoms with Crippen molar-refractivity contribution in [2.45, 2.75) is 39.7 Å². The summed E-state index contributed by atoms with van der Waals surface area (Å²) >= 11 is 0. The van der Waals surface area contributed by atoms with Gasteiger partial charge in [-0.3, -0.25) is 19.3 Å². The number of sulfone groups is 1. The highest BCUT2D eigenvalue weighted by atomic mass is 32.2. The number of nitrogens with zero attached hydrogens (tertiary/aromatic N) is 2. The molecule has 1 aromatic heterocycles. The second-order valence-electron chi connectivity index (χ2n) is 9.42. The zero-order valence-electron chi connectivity index (χ0n) is 21.5. The molecule has 1 aromatic carbocycles. The lowest BCUT2D eigenvalue weighted by atomic mass is 9.96. The number of rotatable bonds is 10. The van der Waals surface area contributed by atoms with Crippen molar-refractivity contribution in [3.8, 4) is 11.6 Å². The Kier molecular flexibility index (Phi) is 7.91. The predicted octanol–water partition coefficient (Wildman–Crippen LogP) is 3.17. The molecule has 0 unspecified atom stereocenters. The van der Waals surface area contributed by atoms with E-state index in [9.17, 15) is 27.2 Å². The summed E-state index contributed by atoms with van der Waals surface area (Å²) in [6, 6.07) is 5.07. The lowest BCUT2D eigenvalue weighted by Gasteiger charge is -2.36. The standard InChI is InChI=1S/C25H30FN3O7S/c1-7-36-22-17(35-5)10-11-18(28-22)25(4,13-37(6,33)34)29-23(31)20-15(26)8-9-16(21(20)24(29)32)27-19(30)12-14(2)3/h8-11,14H,7,12-13H2,1-6H3,(H,27,30)/t25-/m1/s1. The molecule has 0 saturated heterocycles. The van der Waals surface area contributed by atoms with Gasteiger partial charge in [0.2, 0.25) is 5.91 Å². The van der Waals surface area contributed by atoms with Crippen molar-refractivity contribution in [3.05, 3.63) is 46.9 Å². The Labute approximate surface area is 215 Å². The van der Waals surface area contributed by atoms with Crippen LogP contribution in [-0.4, -0.2) is 61.7 Å². The molecule has 12 heteroatoms. The largest absolute Gasteiger partial charge is 0.491 e. The van der Waals surface area contributed by atoms with Gasteiger partial charge in [-0.1, -0.05) is 13.8 Å². The van der Waals surface area contributed by atoms with E-state index in [2.05, 4.69) is 10.3 Å². The van der Waals surface area contributed by atoms with Gasteiger partial charge >= 0.3 is 0 Å². The number of halogens is 1. The number of anilines is 1. The van der Waals surface area contributed by atoms with Crippen LogP contribution in [0.15, 0.2) is 24.3 Å². The number of benzene rings is 1. The normalized spacial score (nSPS) is 15.0. The summed E-state index contributed by atoms with van der Waals surface area (Å²) in [5, 5.41) is 2.58. The molecule has 37 heavy (non-hydrogen) atoms. The predicted molar refractivity (Wildman–Crippen MR) is 134 cm³/mol. The molecular formula is C25H30FN3O7S. The van der Waals surface area contributed by atoms with Crippen LogP contribution in [0.4, 0.5) is 10.1 Å². The summed E-state index contributed by atoms with van der Waals surface area (Å²) in [6.07, 6.45) is 1.09. The quantitative estimate of drug-likeness (QED) is 0.459. The molecule has 0 aliphatic carbocycles. The molecule has 2 heterocycles. The number of hydrogen-bond donors (Lipinski definition) is 1. The van der Waals surface area contributed by atoms with Crippen molar-refractivity contribution in [1.82, 2.24) is 9.88 Å². The first kappa shape index (κ1) is 28.0. The van der Waals surface area contributed by atoms with Crippen LogP contribution in [0.25, 0.3) is 0 Å². The van der Waals surface area contributed by atoms with Crippen LogP contribution in [0, 0.1) is 11.7 Å². The van der Waals surface area contributed by atoms with Crippen LogP contribution in [0.3, 0.4) is 0 Å². The van der Waals surface area contributed by atoms with Crippen LogP contribution < -0.4 is 14.8 Å². The minimum Gasteiger partial charge on any atom is -0.491 e. The fourth-order valence-corrected chi connectivity index (χ4v) is 5.63. The maximum atomic E-state index is 14.9. The minimum absolute atomic E-state index is 0.0149. The highest BCUT2D eigenvalue weighted by Gasteiger charge is 2.52. The first-order valence-electron chi connectivity index (χ1n) is 11.6. The van der Waals surface area contributed by atoms with Crippen molar-refractivity contribution < 1.29 is 36.7 Å². The van der Waals surface area contributed by atoms with Gasteiger partial charge in [0, 0.05) is 12.7 Å². The van der Waals surface area contributed by atoms with Gasteiger partial charge in [0.15, 0.2) is 5.75 Å². The lowest BCUT2D eigenvalue weighted by molar-refractivity contribution is -0.116. The molecule has 2 aromatic rings. The molecule has 200 valence electrons. The summed E-state index contributed by atoms with van der Waals surface area (Å²) in [5.41, 5.74) is -2.78. The van der Waals surface area contributed by atoms with E-state index in [1.165, 1.54) is 32.2 Å². The zero-order chi connectivity index (χ0) is 27.7. The third-order valence-corrected chi connectivity index (χ3v) is 6.86. The fraction of sp³-hybridized carbons (Fsp3) is 0.440. The number of aromatic nitrogens is 1. The number of carbonyl (C=O) groups excluding carboxylic acids is 3. The van der Waals surface area contributed by atoms with Gasteiger partial charge in [-0.2, -0.15) is 0 Å². The average molecular weight is 536 g/mol. The number of ether oxygens (including phenoxy) is 2. The third kappa shape index (κ3) is 5.58. The van der Waals surface area contributed by atoms with Crippen molar-refractivity contribution >= 4 is 33.2 Å². The minimum atomic E-state index is -3.82. The van der Waals surface area contributed by atoms with Gasteiger partial charge in [-0.05, 0) is 44.0 Å². The first-order valence-corrected chi connectivity index (χ1v) is 13.7. The molecular weight excluding hydrogens is 505 g/mol. The van der Waals surface area contributed by atoms with Gasteiger partial charge in [-0.25, -0.2) is 17.8 Å². The lowest BCUT2D eigenvalue weighted by Crippen LogP contribution is -2.52. The first-order chi connectivity index (χ1) is 17.2. The molecule has 1 aliphatic rings. The van der Waals surface area contributed by atoms with E-state index in [1.54, 1.807) is 6.92 Å². The summed E-state index contributed by atoms with van der Waals surface area (Å²) in [5.74, 6) is -3.78. The van der Waals surface area contributed by atoms with Gasteiger partial charge < -0.3 is 14.8 Å². The molecule has 0 bridgehead atoms. The number of nitrogens with one attached hydrogen (secondary N) is 1. The number of amides is 3. The van der Waals surface area contributed by atoms with Gasteiger partial charge in [-0.15, -0.1) is 0 Å². The Balaban J connectivity index is 2.20. The zero-order valence-corrected chi connectivity index (χ0v) is 22.4. The van der Waals surface area contributed by atoms with Crippen LogP contribution in [0.1, 0.15) is 60.5 Å². The molecule has 0 spiro atoms. The number of pyridine rings is 1. The number of carbonyl (C=O) groups is 3. The SMILES string of the molecule is CCOc1nc([C@@](C)(CS(C)(=O)=O)N2C(=O)c3c(F)ccc(NC(=O)CC(C)C)c3C2=O)ccc1OC. The van der Waals surface area contributed by atoms with Crippen molar-refractivity contribution in [3.63, 3.8) is 0 Å². The Morgan fingerprint density at radius 2 is 1.81 bits per heavy atom. The van der Waals surface area contributed by atoms with E-state index >= 15 is 0 Å². The molecule has 3 amide bonds. The third-order valence-electron chi connectivity index (χ3n) is 5.77. The number of imide groups is 1. The molecule has 3 rings (SSSR count). The van der Waals surface area contributed by atoms with E-state index in [4.69, 9.17) is 9.47 Å². The van der Waals surface area contributed by atoms with E-state index in [0.717, 1.165) is 12.3 Å². The van der Waals surface area contributed by atoms with Crippen LogP contribution in [0.5, 0.6) is 11.6 Å². The van der Waals surface area contributed by atoms with Crippen LogP contribution >= 0.6 is 0 Å². The van der Waals surface area contributed by atoms with Crippen LogP contribution in [-0.2, 0) is 20.2 Å². The maximum absolute atomic E-state index is 14.9. The van der Waals surface area contributed by atoms with Crippen molar-refractivity contribution in [2.75, 3.05) is 31.0 Å². The van der Waals surface area contributed by atoms with Gasteiger partial charge in [0.05, 0.1) is 42.0 Å². The monoisotopic (exact) mass is 535 g/mol. The molecule has 0 fully saturated rings. The van der Waals surface area contributed by atoms with Gasteiger partial charge in [0.25, 0.3) is 17.7 Å². The maximum Gasteiger partial charge on any atom is 0.265 e. The Bertz CT molecular complexity index is 1360. The summed E-state index contributed by atoms with van der Waals surface area (Å²) in [6.45, 7) is 6.95. The number of fused-ring (bicyclic) bond motifs is 1. The summed E-state index contributed by atoms with van der Waals surface area (Å²) in [4.78, 5) is 44.8. The fourth-order valence-electron chi connectivity index (χ4n) is 4.34. The summed E-state index contributed by atoms with van der Waals surface area (Å²) in [7, 11) is -2.42. The van der Waals surface area contributed by atoms with E-state index < -0.39 is 50.2 Å².